The van der Waals surface area contributed by atoms with Crippen LogP contribution in [0.4, 0.5) is 5.69 Å². The van der Waals surface area contributed by atoms with Crippen molar-refractivity contribution >= 4 is 39.2 Å². The first kappa shape index (κ1) is 19.4. The maximum atomic E-state index is 11.0. The number of hydrogen-bond acceptors (Lipinski definition) is 4. The molecule has 5 nitrogen and oxygen atoms in total. The topological polar surface area (TPSA) is 67.8 Å². The normalized spacial score (nSPS) is 10.4. The summed E-state index contributed by atoms with van der Waals surface area (Å²) in [6, 6.07) is 8.55. The molecule has 7 heteroatoms. The predicted octanol–water partition coefficient (Wildman–Crippen LogP) is 5.21. The zero-order valence-corrected chi connectivity index (χ0v) is 16.3. The summed E-state index contributed by atoms with van der Waals surface area (Å²) in [7, 11) is 0. The molecule has 2 N–H and O–H groups in total. The van der Waals surface area contributed by atoms with Crippen LogP contribution in [0, 0.1) is 0 Å². The highest BCUT2D eigenvalue weighted by Crippen LogP contribution is 2.34. The molecule has 0 radical (unpaired) electrons. The average Bonchev–Trinajstić information content (AvgIpc) is 2.56. The standard InChI is InChI=1S/C18H19BrClNO4/c1-3-24-16-7-11(14(19)9-17(16)25-4-2)10-21-12-5-6-13(18(22)23)15(20)8-12/h5-9,21H,3-4,10H2,1-2H3,(H,22,23). The maximum absolute atomic E-state index is 11.0. The number of carbonyl (C=O) groups is 1. The molecule has 2 rings (SSSR count). The van der Waals surface area contributed by atoms with Crippen molar-refractivity contribution in [2.45, 2.75) is 20.4 Å². The molecule has 0 fully saturated rings. The van der Waals surface area contributed by atoms with E-state index in [1.165, 1.54) is 6.07 Å². The van der Waals surface area contributed by atoms with Crippen LogP contribution in [-0.2, 0) is 6.54 Å². The zero-order chi connectivity index (χ0) is 18.4. The van der Waals surface area contributed by atoms with Gasteiger partial charge in [-0.3, -0.25) is 0 Å². The highest BCUT2D eigenvalue weighted by molar-refractivity contribution is 9.10. The number of anilines is 1. The number of nitrogens with one attached hydrogen (secondary N) is 1. The van der Waals surface area contributed by atoms with Crippen molar-refractivity contribution in [3.05, 3.63) is 51.0 Å². The molecule has 2 aromatic rings. The smallest absolute Gasteiger partial charge is 0.337 e. The van der Waals surface area contributed by atoms with E-state index in [1.54, 1.807) is 12.1 Å². The molecule has 0 amide bonds. The molecular weight excluding hydrogens is 410 g/mol. The molecular formula is C18H19BrClNO4. The van der Waals surface area contributed by atoms with Crippen molar-refractivity contribution in [2.75, 3.05) is 18.5 Å². The first-order chi connectivity index (χ1) is 12.0. The first-order valence-electron chi connectivity index (χ1n) is 7.81. The monoisotopic (exact) mass is 427 g/mol. The summed E-state index contributed by atoms with van der Waals surface area (Å²) in [5.41, 5.74) is 1.78. The highest BCUT2D eigenvalue weighted by atomic mass is 79.9. The van der Waals surface area contributed by atoms with Gasteiger partial charge in [0.2, 0.25) is 0 Å². The van der Waals surface area contributed by atoms with E-state index in [2.05, 4.69) is 21.2 Å². The molecule has 0 saturated heterocycles. The number of halogens is 2. The van der Waals surface area contributed by atoms with Crippen LogP contribution in [0.25, 0.3) is 0 Å². The van der Waals surface area contributed by atoms with E-state index in [4.69, 9.17) is 26.2 Å². The Balaban J connectivity index is 2.18. The lowest BCUT2D eigenvalue weighted by molar-refractivity contribution is 0.0697. The number of benzene rings is 2. The molecule has 0 heterocycles. The highest BCUT2D eigenvalue weighted by Gasteiger charge is 2.12. The number of hydrogen-bond donors (Lipinski definition) is 2. The molecule has 134 valence electrons. The minimum Gasteiger partial charge on any atom is -0.490 e. The number of aromatic carboxylic acids is 1. The summed E-state index contributed by atoms with van der Waals surface area (Å²) < 4.78 is 12.1. The molecule has 0 aliphatic rings. The lowest BCUT2D eigenvalue weighted by atomic mass is 10.1. The second kappa shape index (κ2) is 8.97. The largest absolute Gasteiger partial charge is 0.490 e. The Labute approximate surface area is 160 Å². The summed E-state index contributed by atoms with van der Waals surface area (Å²) >= 11 is 9.53. The van der Waals surface area contributed by atoms with E-state index >= 15 is 0 Å². The summed E-state index contributed by atoms with van der Waals surface area (Å²) in [6.07, 6.45) is 0. The fourth-order valence-corrected chi connectivity index (χ4v) is 2.97. The van der Waals surface area contributed by atoms with Crippen LogP contribution in [0.2, 0.25) is 5.02 Å². The van der Waals surface area contributed by atoms with Crippen LogP contribution in [-0.4, -0.2) is 24.3 Å². The van der Waals surface area contributed by atoms with Crippen LogP contribution in [0.3, 0.4) is 0 Å². The molecule has 25 heavy (non-hydrogen) atoms. The van der Waals surface area contributed by atoms with Gasteiger partial charge in [0.05, 0.1) is 23.8 Å². The summed E-state index contributed by atoms with van der Waals surface area (Å²) in [6.45, 7) is 5.44. The van der Waals surface area contributed by atoms with Gasteiger partial charge in [0.15, 0.2) is 11.5 Å². The fraction of sp³-hybridized carbons (Fsp3) is 0.278. The molecule has 0 unspecified atom stereocenters. The predicted molar refractivity (Wildman–Crippen MR) is 102 cm³/mol. The van der Waals surface area contributed by atoms with Gasteiger partial charge in [-0.2, -0.15) is 0 Å². The fourth-order valence-electron chi connectivity index (χ4n) is 2.25. The van der Waals surface area contributed by atoms with Crippen LogP contribution in [0.15, 0.2) is 34.8 Å². The van der Waals surface area contributed by atoms with Crippen molar-refractivity contribution in [1.82, 2.24) is 0 Å². The Kier molecular flexibility index (Phi) is 6.96. The van der Waals surface area contributed by atoms with Gasteiger partial charge in [0.25, 0.3) is 0 Å². The molecule has 0 atom stereocenters. The van der Waals surface area contributed by atoms with Gasteiger partial charge in [-0.1, -0.05) is 27.5 Å². The molecule has 0 aliphatic heterocycles. The van der Waals surface area contributed by atoms with E-state index in [0.29, 0.717) is 31.3 Å². The molecule has 0 aromatic heterocycles. The maximum Gasteiger partial charge on any atom is 0.337 e. The number of rotatable bonds is 8. The Morgan fingerprint density at radius 3 is 2.36 bits per heavy atom. The van der Waals surface area contributed by atoms with Gasteiger partial charge in [0.1, 0.15) is 0 Å². The van der Waals surface area contributed by atoms with Crippen LogP contribution in [0.1, 0.15) is 29.8 Å². The SMILES string of the molecule is CCOc1cc(Br)c(CNc2ccc(C(=O)O)c(Cl)c2)cc1OCC. The second-order valence-electron chi connectivity index (χ2n) is 5.11. The van der Waals surface area contributed by atoms with Gasteiger partial charge in [-0.15, -0.1) is 0 Å². The molecule has 0 aliphatic carbocycles. The minimum atomic E-state index is -1.05. The Morgan fingerprint density at radius 1 is 1.16 bits per heavy atom. The van der Waals surface area contributed by atoms with E-state index in [1.807, 2.05) is 26.0 Å². The Hall–Kier alpha value is -1.92. The van der Waals surface area contributed by atoms with Crippen LogP contribution in [0.5, 0.6) is 11.5 Å². The molecule has 0 bridgehead atoms. The molecule has 2 aromatic carbocycles. The number of carboxylic acids is 1. The van der Waals surface area contributed by atoms with Crippen molar-refractivity contribution < 1.29 is 19.4 Å². The van der Waals surface area contributed by atoms with Crippen LogP contribution < -0.4 is 14.8 Å². The molecule has 0 spiro atoms. The van der Waals surface area contributed by atoms with E-state index < -0.39 is 5.97 Å². The van der Waals surface area contributed by atoms with E-state index in [0.717, 1.165) is 15.7 Å². The number of carboxylic acid groups (broad SMARTS) is 1. The third-order valence-electron chi connectivity index (χ3n) is 3.39. The second-order valence-corrected chi connectivity index (χ2v) is 6.37. The van der Waals surface area contributed by atoms with Crippen molar-refractivity contribution in [3.63, 3.8) is 0 Å². The quantitative estimate of drug-likeness (QED) is 0.604. The summed E-state index contributed by atoms with van der Waals surface area (Å²) in [4.78, 5) is 11.0. The van der Waals surface area contributed by atoms with Gasteiger partial charge >= 0.3 is 5.97 Å². The minimum absolute atomic E-state index is 0.0769. The summed E-state index contributed by atoms with van der Waals surface area (Å²) in [5.74, 6) is 0.324. The third-order valence-corrected chi connectivity index (χ3v) is 4.45. The lowest BCUT2D eigenvalue weighted by Crippen LogP contribution is -2.04. The number of ether oxygens (including phenoxy) is 2. The van der Waals surface area contributed by atoms with Gasteiger partial charge in [-0.05, 0) is 49.7 Å². The van der Waals surface area contributed by atoms with E-state index in [-0.39, 0.29) is 10.6 Å². The summed E-state index contributed by atoms with van der Waals surface area (Å²) in [5, 5.41) is 12.4. The lowest BCUT2D eigenvalue weighted by Gasteiger charge is -2.15. The van der Waals surface area contributed by atoms with E-state index in [9.17, 15) is 4.79 Å². The van der Waals surface area contributed by atoms with Gasteiger partial charge in [0, 0.05) is 16.7 Å². The van der Waals surface area contributed by atoms with Crippen molar-refractivity contribution in [3.8, 4) is 11.5 Å². The van der Waals surface area contributed by atoms with Gasteiger partial charge in [-0.25, -0.2) is 4.79 Å². The zero-order valence-electron chi connectivity index (χ0n) is 13.9. The molecule has 0 saturated carbocycles. The third kappa shape index (κ3) is 5.03. The Morgan fingerprint density at radius 2 is 1.80 bits per heavy atom. The average molecular weight is 429 g/mol. The van der Waals surface area contributed by atoms with Crippen LogP contribution >= 0.6 is 27.5 Å². The van der Waals surface area contributed by atoms with Crippen molar-refractivity contribution in [2.24, 2.45) is 0 Å². The van der Waals surface area contributed by atoms with Crippen molar-refractivity contribution in [1.29, 1.82) is 0 Å². The Bertz CT molecular complexity index is 767. The van der Waals surface area contributed by atoms with Gasteiger partial charge < -0.3 is 19.9 Å². The first-order valence-corrected chi connectivity index (χ1v) is 8.98.